The number of hydrogen-bond donors (Lipinski definition) is 2. The van der Waals surface area contributed by atoms with Crippen LogP contribution in [0.4, 0.5) is 11.5 Å². The average Bonchev–Trinajstić information content (AvgIpc) is 2.97. The molecule has 5 nitrogen and oxygen atoms in total. The Kier molecular flexibility index (Phi) is 3.78. The standard InChI is InChI=1S/C19H15ClN4O/c1-12-7-8-13(11-15(12)20)22-18-17(14-5-2-3-6-16(14)25)23-19-21-9-4-10-24(18)19/h2-11,22,25H,1H3. The quantitative estimate of drug-likeness (QED) is 0.556. The molecule has 124 valence electrons. The molecule has 0 amide bonds. The van der Waals surface area contributed by atoms with Gasteiger partial charge in [-0.05, 0) is 42.8 Å². The maximum absolute atomic E-state index is 10.2. The van der Waals surface area contributed by atoms with E-state index in [4.69, 9.17) is 11.6 Å². The summed E-state index contributed by atoms with van der Waals surface area (Å²) >= 11 is 6.24. The Balaban J connectivity index is 1.90. The first-order chi connectivity index (χ1) is 12.1. The molecular formula is C19H15ClN4O. The van der Waals surface area contributed by atoms with Crippen molar-refractivity contribution in [3.8, 4) is 17.0 Å². The number of rotatable bonds is 3. The van der Waals surface area contributed by atoms with Crippen LogP contribution in [-0.2, 0) is 0 Å². The lowest BCUT2D eigenvalue weighted by atomic mass is 10.1. The Morgan fingerprint density at radius 1 is 1.12 bits per heavy atom. The molecule has 2 heterocycles. The summed E-state index contributed by atoms with van der Waals surface area (Å²) in [6, 6.07) is 14.7. The fourth-order valence-electron chi connectivity index (χ4n) is 2.68. The van der Waals surface area contributed by atoms with E-state index in [1.165, 1.54) is 0 Å². The van der Waals surface area contributed by atoms with Crippen LogP contribution in [0.15, 0.2) is 60.9 Å². The Morgan fingerprint density at radius 3 is 2.76 bits per heavy atom. The second kappa shape index (κ2) is 6.11. The lowest BCUT2D eigenvalue weighted by molar-refractivity contribution is 0.477. The van der Waals surface area contributed by atoms with E-state index < -0.39 is 0 Å². The van der Waals surface area contributed by atoms with Gasteiger partial charge in [0.25, 0.3) is 0 Å². The number of para-hydroxylation sites is 1. The van der Waals surface area contributed by atoms with Crippen LogP contribution in [0.3, 0.4) is 0 Å². The highest BCUT2D eigenvalue weighted by atomic mass is 35.5. The van der Waals surface area contributed by atoms with Crippen molar-refractivity contribution < 1.29 is 5.11 Å². The number of anilines is 2. The topological polar surface area (TPSA) is 62.5 Å². The maximum atomic E-state index is 10.2. The molecule has 2 N–H and O–H groups in total. The molecule has 0 unspecified atom stereocenters. The highest BCUT2D eigenvalue weighted by Gasteiger charge is 2.17. The Labute approximate surface area is 149 Å². The molecule has 2 aromatic carbocycles. The van der Waals surface area contributed by atoms with E-state index in [2.05, 4.69) is 15.3 Å². The van der Waals surface area contributed by atoms with Gasteiger partial charge in [-0.15, -0.1) is 0 Å². The van der Waals surface area contributed by atoms with Crippen molar-refractivity contribution in [2.75, 3.05) is 5.32 Å². The lowest BCUT2D eigenvalue weighted by Gasteiger charge is -2.10. The molecular weight excluding hydrogens is 336 g/mol. The third kappa shape index (κ3) is 2.79. The predicted octanol–water partition coefficient (Wildman–Crippen LogP) is 4.81. The highest BCUT2D eigenvalue weighted by Crippen LogP contribution is 2.35. The van der Waals surface area contributed by atoms with E-state index in [-0.39, 0.29) is 5.75 Å². The number of phenolic OH excluding ortho intramolecular Hbond substituents is 1. The number of benzene rings is 2. The van der Waals surface area contributed by atoms with Crippen molar-refractivity contribution in [2.45, 2.75) is 6.92 Å². The number of aromatic hydroxyl groups is 1. The van der Waals surface area contributed by atoms with Gasteiger partial charge in [0.15, 0.2) is 0 Å². The first-order valence-electron chi connectivity index (χ1n) is 7.78. The minimum absolute atomic E-state index is 0.163. The molecule has 0 fully saturated rings. The first-order valence-corrected chi connectivity index (χ1v) is 8.16. The van der Waals surface area contributed by atoms with Crippen molar-refractivity contribution in [1.29, 1.82) is 0 Å². The van der Waals surface area contributed by atoms with Crippen LogP contribution >= 0.6 is 11.6 Å². The normalized spacial score (nSPS) is 11.0. The monoisotopic (exact) mass is 350 g/mol. The number of phenols is 1. The predicted molar refractivity (Wildman–Crippen MR) is 99.6 cm³/mol. The van der Waals surface area contributed by atoms with Gasteiger partial charge < -0.3 is 10.4 Å². The second-order valence-electron chi connectivity index (χ2n) is 5.70. The lowest BCUT2D eigenvalue weighted by Crippen LogP contribution is -1.97. The van der Waals surface area contributed by atoms with Crippen molar-refractivity contribution in [3.05, 3.63) is 71.5 Å². The Bertz CT molecular complexity index is 1070. The average molecular weight is 351 g/mol. The van der Waals surface area contributed by atoms with Crippen molar-refractivity contribution in [1.82, 2.24) is 14.4 Å². The fraction of sp³-hybridized carbons (Fsp3) is 0.0526. The number of halogens is 1. The van der Waals surface area contributed by atoms with E-state index in [0.29, 0.717) is 27.9 Å². The molecule has 0 saturated heterocycles. The molecule has 6 heteroatoms. The van der Waals surface area contributed by atoms with E-state index in [9.17, 15) is 5.11 Å². The number of nitrogens with zero attached hydrogens (tertiary/aromatic N) is 3. The number of fused-ring (bicyclic) bond motifs is 1. The summed E-state index contributed by atoms with van der Waals surface area (Å²) in [5, 5.41) is 14.3. The summed E-state index contributed by atoms with van der Waals surface area (Å²) in [4.78, 5) is 8.87. The minimum atomic E-state index is 0.163. The van der Waals surface area contributed by atoms with Crippen LogP contribution in [-0.4, -0.2) is 19.5 Å². The van der Waals surface area contributed by atoms with Gasteiger partial charge in [-0.1, -0.05) is 29.8 Å². The summed E-state index contributed by atoms with van der Waals surface area (Å²) in [6.45, 7) is 1.96. The molecule has 0 spiro atoms. The van der Waals surface area contributed by atoms with Crippen molar-refractivity contribution in [3.63, 3.8) is 0 Å². The summed E-state index contributed by atoms with van der Waals surface area (Å²) in [6.07, 6.45) is 3.56. The summed E-state index contributed by atoms with van der Waals surface area (Å²) < 4.78 is 1.84. The van der Waals surface area contributed by atoms with Crippen molar-refractivity contribution >= 4 is 28.9 Å². The van der Waals surface area contributed by atoms with Gasteiger partial charge in [-0.25, -0.2) is 9.97 Å². The van der Waals surface area contributed by atoms with Gasteiger partial charge in [0, 0.05) is 28.7 Å². The summed E-state index contributed by atoms with van der Waals surface area (Å²) in [5.41, 5.74) is 3.09. The van der Waals surface area contributed by atoms with Crippen LogP contribution in [0.1, 0.15) is 5.56 Å². The number of nitrogens with one attached hydrogen (secondary N) is 1. The second-order valence-corrected chi connectivity index (χ2v) is 6.11. The maximum Gasteiger partial charge on any atom is 0.235 e. The molecule has 0 aliphatic rings. The number of imidazole rings is 1. The largest absolute Gasteiger partial charge is 0.507 e. The molecule has 0 aliphatic carbocycles. The van der Waals surface area contributed by atoms with Crippen LogP contribution in [0.5, 0.6) is 5.75 Å². The Hall–Kier alpha value is -3.05. The molecule has 0 bridgehead atoms. The summed E-state index contributed by atoms with van der Waals surface area (Å²) in [7, 11) is 0. The van der Waals surface area contributed by atoms with Crippen LogP contribution in [0.25, 0.3) is 17.0 Å². The van der Waals surface area contributed by atoms with Gasteiger partial charge in [-0.3, -0.25) is 4.40 Å². The minimum Gasteiger partial charge on any atom is -0.507 e. The van der Waals surface area contributed by atoms with Gasteiger partial charge in [0.1, 0.15) is 17.3 Å². The zero-order chi connectivity index (χ0) is 17.4. The third-order valence-corrected chi connectivity index (χ3v) is 4.40. The summed E-state index contributed by atoms with van der Waals surface area (Å²) in [5.74, 6) is 1.42. The molecule has 2 aromatic heterocycles. The smallest absolute Gasteiger partial charge is 0.235 e. The highest BCUT2D eigenvalue weighted by molar-refractivity contribution is 6.31. The van der Waals surface area contributed by atoms with Gasteiger partial charge in [0.2, 0.25) is 5.78 Å². The van der Waals surface area contributed by atoms with E-state index in [0.717, 1.165) is 11.3 Å². The Morgan fingerprint density at radius 2 is 1.96 bits per heavy atom. The molecule has 4 rings (SSSR count). The third-order valence-electron chi connectivity index (χ3n) is 4.00. The first kappa shape index (κ1) is 15.5. The number of aromatic nitrogens is 3. The zero-order valence-corrected chi connectivity index (χ0v) is 14.2. The molecule has 0 radical (unpaired) electrons. The van der Waals surface area contributed by atoms with E-state index >= 15 is 0 Å². The van der Waals surface area contributed by atoms with E-state index in [1.807, 2.05) is 53.9 Å². The van der Waals surface area contributed by atoms with Crippen LogP contribution < -0.4 is 5.32 Å². The molecule has 0 atom stereocenters. The number of hydrogen-bond acceptors (Lipinski definition) is 4. The molecule has 0 aliphatic heterocycles. The fourth-order valence-corrected chi connectivity index (χ4v) is 2.86. The number of aryl methyl sites for hydroxylation is 1. The zero-order valence-electron chi connectivity index (χ0n) is 13.4. The van der Waals surface area contributed by atoms with Gasteiger partial charge in [0.05, 0.1) is 0 Å². The van der Waals surface area contributed by atoms with E-state index in [1.54, 1.807) is 18.3 Å². The van der Waals surface area contributed by atoms with Gasteiger partial charge in [-0.2, -0.15) is 0 Å². The SMILES string of the molecule is Cc1ccc(Nc2c(-c3ccccc3O)nc3ncccn23)cc1Cl. The van der Waals surface area contributed by atoms with Crippen molar-refractivity contribution in [2.24, 2.45) is 0 Å². The molecule has 4 aromatic rings. The van der Waals surface area contributed by atoms with Crippen LogP contribution in [0, 0.1) is 6.92 Å². The molecule has 25 heavy (non-hydrogen) atoms. The van der Waals surface area contributed by atoms with Gasteiger partial charge >= 0.3 is 0 Å². The molecule has 0 saturated carbocycles. The van der Waals surface area contributed by atoms with Crippen LogP contribution in [0.2, 0.25) is 5.02 Å².